The summed E-state index contributed by atoms with van der Waals surface area (Å²) in [4.78, 5) is 4.53. The number of anilines is 1. The van der Waals surface area contributed by atoms with E-state index >= 15 is 0 Å². The predicted octanol–water partition coefficient (Wildman–Crippen LogP) is 4.06. The van der Waals surface area contributed by atoms with Crippen molar-refractivity contribution < 1.29 is 4.39 Å². The van der Waals surface area contributed by atoms with E-state index in [1.807, 2.05) is 0 Å². The third-order valence-corrected chi connectivity index (χ3v) is 4.13. The molecule has 1 aromatic heterocycles. The summed E-state index contributed by atoms with van der Waals surface area (Å²) in [6.45, 7) is 0. The van der Waals surface area contributed by atoms with Crippen LogP contribution in [0.2, 0.25) is 5.02 Å². The van der Waals surface area contributed by atoms with E-state index in [9.17, 15) is 4.39 Å². The van der Waals surface area contributed by atoms with Crippen LogP contribution >= 0.6 is 22.9 Å². The van der Waals surface area contributed by atoms with Crippen LogP contribution in [0.3, 0.4) is 0 Å². The molecule has 0 aliphatic heterocycles. The summed E-state index contributed by atoms with van der Waals surface area (Å²) in [5.41, 5.74) is 7.44. The van der Waals surface area contributed by atoms with E-state index in [4.69, 9.17) is 17.3 Å². The van der Waals surface area contributed by atoms with Crippen LogP contribution in [0.4, 0.5) is 9.39 Å². The van der Waals surface area contributed by atoms with Gasteiger partial charge in [0.2, 0.25) is 0 Å². The van der Waals surface area contributed by atoms with Crippen molar-refractivity contribution in [3.8, 4) is 11.3 Å². The van der Waals surface area contributed by atoms with E-state index in [-0.39, 0.29) is 5.02 Å². The van der Waals surface area contributed by atoms with Crippen LogP contribution in [0, 0.1) is 5.82 Å². The number of thiazole rings is 1. The number of rotatable bonds is 2. The standard InChI is InChI=1S/C12H10ClFN2S/c13-8-5-7(3-4-9(8)14)10-11(15)17-12(16-10)6-1-2-6/h3-6H,1-2,15H2. The molecule has 0 atom stereocenters. The molecule has 2 aromatic rings. The predicted molar refractivity (Wildman–Crippen MR) is 68.9 cm³/mol. The molecular formula is C12H10ClFN2S. The van der Waals surface area contributed by atoms with Crippen molar-refractivity contribution >= 4 is 27.9 Å². The van der Waals surface area contributed by atoms with Crippen molar-refractivity contribution in [2.24, 2.45) is 0 Å². The van der Waals surface area contributed by atoms with Crippen molar-refractivity contribution in [1.82, 2.24) is 4.98 Å². The number of nitrogen functional groups attached to an aromatic ring is 1. The second kappa shape index (κ2) is 3.96. The maximum absolute atomic E-state index is 13.1. The van der Waals surface area contributed by atoms with E-state index in [0.29, 0.717) is 10.9 Å². The molecule has 1 aliphatic rings. The van der Waals surface area contributed by atoms with E-state index < -0.39 is 5.82 Å². The molecule has 3 rings (SSSR count). The van der Waals surface area contributed by atoms with Gasteiger partial charge < -0.3 is 5.73 Å². The maximum atomic E-state index is 13.1. The molecule has 0 radical (unpaired) electrons. The lowest BCUT2D eigenvalue weighted by Gasteiger charge is -2.00. The number of hydrogen-bond donors (Lipinski definition) is 1. The van der Waals surface area contributed by atoms with E-state index in [0.717, 1.165) is 16.3 Å². The molecule has 88 valence electrons. The Kier molecular flexibility index (Phi) is 2.56. The summed E-state index contributed by atoms with van der Waals surface area (Å²) in [5.74, 6) is 0.151. The fourth-order valence-corrected chi connectivity index (χ4v) is 2.91. The third-order valence-electron chi connectivity index (χ3n) is 2.79. The van der Waals surface area contributed by atoms with E-state index in [1.165, 1.54) is 30.2 Å². The SMILES string of the molecule is Nc1sc(C2CC2)nc1-c1ccc(F)c(Cl)c1. The van der Waals surface area contributed by atoms with Crippen molar-refractivity contribution in [2.75, 3.05) is 5.73 Å². The Balaban J connectivity index is 2.04. The summed E-state index contributed by atoms with van der Waals surface area (Å²) in [7, 11) is 0. The Hall–Kier alpha value is -1.13. The van der Waals surface area contributed by atoms with Gasteiger partial charge in [-0.05, 0) is 31.0 Å². The number of aromatic nitrogens is 1. The molecule has 1 heterocycles. The van der Waals surface area contributed by atoms with Gasteiger partial charge in [-0.1, -0.05) is 11.6 Å². The van der Waals surface area contributed by atoms with Gasteiger partial charge >= 0.3 is 0 Å². The molecule has 2 nitrogen and oxygen atoms in total. The maximum Gasteiger partial charge on any atom is 0.141 e. The van der Waals surface area contributed by atoms with Crippen LogP contribution in [0.5, 0.6) is 0 Å². The normalized spacial score (nSPS) is 15.2. The first-order chi connectivity index (χ1) is 8.15. The van der Waals surface area contributed by atoms with Gasteiger partial charge in [-0.3, -0.25) is 0 Å². The van der Waals surface area contributed by atoms with Gasteiger partial charge in [0.15, 0.2) is 0 Å². The van der Waals surface area contributed by atoms with E-state index in [2.05, 4.69) is 4.98 Å². The van der Waals surface area contributed by atoms with Crippen molar-refractivity contribution in [2.45, 2.75) is 18.8 Å². The molecule has 1 fully saturated rings. The highest BCUT2D eigenvalue weighted by atomic mass is 35.5. The molecule has 17 heavy (non-hydrogen) atoms. The van der Waals surface area contributed by atoms with E-state index in [1.54, 1.807) is 12.1 Å². The lowest BCUT2D eigenvalue weighted by atomic mass is 10.1. The van der Waals surface area contributed by atoms with Crippen LogP contribution in [0.1, 0.15) is 23.8 Å². The van der Waals surface area contributed by atoms with Crippen LogP contribution < -0.4 is 5.73 Å². The van der Waals surface area contributed by atoms with Crippen LogP contribution in [0.15, 0.2) is 18.2 Å². The minimum atomic E-state index is -0.424. The molecule has 0 unspecified atom stereocenters. The van der Waals surface area contributed by atoms with Crippen molar-refractivity contribution in [1.29, 1.82) is 0 Å². The number of nitrogens with zero attached hydrogens (tertiary/aromatic N) is 1. The molecule has 1 aliphatic carbocycles. The van der Waals surface area contributed by atoms with Gasteiger partial charge in [-0.25, -0.2) is 9.37 Å². The zero-order valence-corrected chi connectivity index (χ0v) is 10.5. The second-order valence-electron chi connectivity index (χ2n) is 4.17. The van der Waals surface area contributed by atoms with Crippen LogP contribution in [0.25, 0.3) is 11.3 Å². The fourth-order valence-electron chi connectivity index (χ4n) is 1.70. The molecule has 2 N–H and O–H groups in total. The Bertz CT molecular complexity index is 578. The Morgan fingerprint density at radius 1 is 1.41 bits per heavy atom. The molecule has 5 heteroatoms. The first kappa shape index (κ1) is 11.0. The monoisotopic (exact) mass is 268 g/mol. The third kappa shape index (κ3) is 2.03. The molecule has 0 bridgehead atoms. The van der Waals surface area contributed by atoms with Crippen molar-refractivity contribution in [3.63, 3.8) is 0 Å². The lowest BCUT2D eigenvalue weighted by Crippen LogP contribution is -1.87. The molecule has 1 saturated carbocycles. The first-order valence-corrected chi connectivity index (χ1v) is 6.56. The second-order valence-corrected chi connectivity index (χ2v) is 5.64. The first-order valence-electron chi connectivity index (χ1n) is 5.37. The molecule has 0 amide bonds. The molecule has 0 spiro atoms. The number of nitrogens with two attached hydrogens (primary N) is 1. The number of hydrogen-bond acceptors (Lipinski definition) is 3. The van der Waals surface area contributed by atoms with Crippen molar-refractivity contribution in [3.05, 3.63) is 34.0 Å². The zero-order valence-electron chi connectivity index (χ0n) is 8.91. The van der Waals surface area contributed by atoms with Gasteiger partial charge in [0.25, 0.3) is 0 Å². The van der Waals surface area contributed by atoms with Crippen LogP contribution in [-0.4, -0.2) is 4.98 Å². The highest BCUT2D eigenvalue weighted by Crippen LogP contribution is 2.45. The number of benzene rings is 1. The largest absolute Gasteiger partial charge is 0.389 e. The van der Waals surface area contributed by atoms with Gasteiger partial charge in [-0.2, -0.15) is 0 Å². The van der Waals surface area contributed by atoms with Gasteiger partial charge in [0.05, 0.1) is 10.0 Å². The lowest BCUT2D eigenvalue weighted by molar-refractivity contribution is 0.628. The topological polar surface area (TPSA) is 38.9 Å². The number of halogens is 2. The molecule has 1 aromatic carbocycles. The summed E-state index contributed by atoms with van der Waals surface area (Å²) in [6, 6.07) is 4.57. The van der Waals surface area contributed by atoms with Crippen LogP contribution in [-0.2, 0) is 0 Å². The summed E-state index contributed by atoms with van der Waals surface area (Å²) in [6.07, 6.45) is 2.38. The minimum absolute atomic E-state index is 0.0999. The Morgan fingerprint density at radius 3 is 2.82 bits per heavy atom. The molecule has 0 saturated heterocycles. The Labute approximate surface area is 107 Å². The molecular weight excluding hydrogens is 259 g/mol. The van der Waals surface area contributed by atoms with Gasteiger partial charge in [0.1, 0.15) is 16.5 Å². The van der Waals surface area contributed by atoms with Gasteiger partial charge in [-0.15, -0.1) is 11.3 Å². The fraction of sp³-hybridized carbons (Fsp3) is 0.250. The van der Waals surface area contributed by atoms with Gasteiger partial charge in [0, 0.05) is 11.5 Å². The average molecular weight is 269 g/mol. The summed E-state index contributed by atoms with van der Waals surface area (Å²) in [5, 5.41) is 1.86. The quantitative estimate of drug-likeness (QED) is 0.892. The summed E-state index contributed by atoms with van der Waals surface area (Å²) >= 11 is 7.28. The summed E-state index contributed by atoms with van der Waals surface area (Å²) < 4.78 is 13.1. The zero-order chi connectivity index (χ0) is 12.0. The smallest absolute Gasteiger partial charge is 0.141 e. The highest BCUT2D eigenvalue weighted by molar-refractivity contribution is 7.16. The highest BCUT2D eigenvalue weighted by Gasteiger charge is 2.28. The minimum Gasteiger partial charge on any atom is -0.389 e. The Morgan fingerprint density at radius 2 is 2.18 bits per heavy atom. The average Bonchev–Trinajstić information content (AvgIpc) is 3.07.